The molecule has 132 valence electrons. The molecule has 0 saturated heterocycles. The summed E-state index contributed by atoms with van der Waals surface area (Å²) in [5.41, 5.74) is 1.19. The molecule has 0 bridgehead atoms. The van der Waals surface area contributed by atoms with Crippen LogP contribution in [0.3, 0.4) is 0 Å². The molecule has 0 aromatic heterocycles. The lowest BCUT2D eigenvalue weighted by molar-refractivity contribution is 0.218. The van der Waals surface area contributed by atoms with E-state index < -0.39 is 32.4 Å². The molecule has 0 fully saturated rings. The molecule has 1 aliphatic heterocycles. The Balaban J connectivity index is 1.95. The minimum Gasteiger partial charge on any atom is -0.323 e. The number of anilines is 2. The van der Waals surface area contributed by atoms with E-state index in [0.717, 1.165) is 0 Å². The van der Waals surface area contributed by atoms with E-state index >= 15 is 0 Å². The first kappa shape index (κ1) is 17.1. The lowest BCUT2D eigenvalue weighted by Gasteiger charge is -2.26. The SMILES string of the molecule is CN1Cc2cc(NS(=O)(=O)c3cc(F)cc(F)c3F)ccc2NC1=O. The molecule has 6 nitrogen and oxygen atoms in total. The predicted molar refractivity (Wildman–Crippen MR) is 84.1 cm³/mol. The van der Waals surface area contributed by atoms with Gasteiger partial charge in [0.2, 0.25) is 0 Å². The van der Waals surface area contributed by atoms with Crippen molar-refractivity contribution >= 4 is 27.4 Å². The second-order valence-corrected chi connectivity index (χ2v) is 7.11. The highest BCUT2D eigenvalue weighted by molar-refractivity contribution is 7.92. The van der Waals surface area contributed by atoms with Gasteiger partial charge in [0.05, 0.1) is 0 Å². The molecule has 1 heterocycles. The van der Waals surface area contributed by atoms with Crippen molar-refractivity contribution in [1.29, 1.82) is 0 Å². The zero-order valence-corrected chi connectivity index (χ0v) is 13.6. The molecule has 2 aromatic rings. The Hall–Kier alpha value is -2.75. The van der Waals surface area contributed by atoms with Crippen molar-refractivity contribution in [3.8, 4) is 0 Å². The largest absolute Gasteiger partial charge is 0.323 e. The lowest BCUT2D eigenvalue weighted by atomic mass is 10.1. The molecule has 1 aliphatic rings. The Labute approximate surface area is 141 Å². The van der Waals surface area contributed by atoms with Gasteiger partial charge in [-0.3, -0.25) is 4.72 Å². The van der Waals surface area contributed by atoms with E-state index in [0.29, 0.717) is 17.3 Å². The summed E-state index contributed by atoms with van der Waals surface area (Å²) in [5.74, 6) is -4.48. The average Bonchev–Trinajstić information content (AvgIpc) is 2.52. The summed E-state index contributed by atoms with van der Waals surface area (Å²) in [6.45, 7) is 0.236. The molecule has 2 N–H and O–H groups in total. The Morgan fingerprint density at radius 2 is 1.88 bits per heavy atom. The zero-order chi connectivity index (χ0) is 18.4. The Bertz CT molecular complexity index is 979. The van der Waals surface area contributed by atoms with Crippen LogP contribution in [0, 0.1) is 17.5 Å². The molecule has 0 atom stereocenters. The van der Waals surface area contributed by atoms with Gasteiger partial charge in [-0.15, -0.1) is 0 Å². The summed E-state index contributed by atoms with van der Waals surface area (Å²) in [5, 5.41) is 2.61. The maximum absolute atomic E-state index is 13.7. The van der Waals surface area contributed by atoms with E-state index in [4.69, 9.17) is 0 Å². The van der Waals surface area contributed by atoms with E-state index in [-0.39, 0.29) is 24.3 Å². The molecule has 10 heteroatoms. The van der Waals surface area contributed by atoms with Gasteiger partial charge in [0.1, 0.15) is 10.7 Å². The minimum atomic E-state index is -4.55. The Morgan fingerprint density at radius 1 is 1.16 bits per heavy atom. The molecule has 0 spiro atoms. The molecular weight excluding hydrogens is 359 g/mol. The van der Waals surface area contributed by atoms with E-state index in [1.54, 1.807) is 7.05 Å². The fourth-order valence-corrected chi connectivity index (χ4v) is 3.53. The summed E-state index contributed by atoms with van der Waals surface area (Å²) in [7, 11) is -2.99. The van der Waals surface area contributed by atoms with Gasteiger partial charge in [-0.2, -0.15) is 0 Å². The van der Waals surface area contributed by atoms with Crippen LogP contribution in [-0.2, 0) is 16.6 Å². The van der Waals surface area contributed by atoms with Crippen LogP contribution in [0.4, 0.5) is 29.3 Å². The highest BCUT2D eigenvalue weighted by atomic mass is 32.2. The van der Waals surface area contributed by atoms with Crippen molar-refractivity contribution in [2.24, 2.45) is 0 Å². The quantitative estimate of drug-likeness (QED) is 0.815. The number of fused-ring (bicyclic) bond motifs is 1. The fraction of sp³-hybridized carbons (Fsp3) is 0.133. The third-order valence-corrected chi connectivity index (χ3v) is 4.98. The van der Waals surface area contributed by atoms with Crippen LogP contribution < -0.4 is 10.0 Å². The van der Waals surface area contributed by atoms with E-state index in [1.807, 2.05) is 0 Å². The number of sulfonamides is 1. The minimum absolute atomic E-state index is 0.0624. The topological polar surface area (TPSA) is 78.5 Å². The van der Waals surface area contributed by atoms with Crippen molar-refractivity contribution in [3.63, 3.8) is 0 Å². The number of hydrogen-bond acceptors (Lipinski definition) is 3. The lowest BCUT2D eigenvalue weighted by Crippen LogP contribution is -2.35. The summed E-state index contributed by atoms with van der Waals surface area (Å²) in [4.78, 5) is 11.8. The molecule has 0 saturated carbocycles. The fourth-order valence-electron chi connectivity index (χ4n) is 2.39. The number of amides is 2. The Morgan fingerprint density at radius 3 is 2.60 bits per heavy atom. The van der Waals surface area contributed by atoms with Gasteiger partial charge in [-0.05, 0) is 29.8 Å². The van der Waals surface area contributed by atoms with Crippen LogP contribution in [0.15, 0.2) is 35.2 Å². The highest BCUT2D eigenvalue weighted by Crippen LogP contribution is 2.28. The second-order valence-electron chi connectivity index (χ2n) is 5.46. The summed E-state index contributed by atoms with van der Waals surface area (Å²) < 4.78 is 66.8. The van der Waals surface area contributed by atoms with Crippen molar-refractivity contribution in [3.05, 3.63) is 53.3 Å². The van der Waals surface area contributed by atoms with Crippen LogP contribution in [0.2, 0.25) is 0 Å². The van der Waals surface area contributed by atoms with Crippen molar-refractivity contribution < 1.29 is 26.4 Å². The first-order chi connectivity index (χ1) is 11.7. The number of urea groups is 1. The van der Waals surface area contributed by atoms with Crippen LogP contribution in [0.1, 0.15) is 5.56 Å². The van der Waals surface area contributed by atoms with E-state index in [2.05, 4.69) is 10.0 Å². The second kappa shape index (κ2) is 5.96. The van der Waals surface area contributed by atoms with Gasteiger partial charge < -0.3 is 10.2 Å². The van der Waals surface area contributed by atoms with Gasteiger partial charge in [0, 0.05) is 31.0 Å². The van der Waals surface area contributed by atoms with Crippen LogP contribution in [0.25, 0.3) is 0 Å². The Kier molecular flexibility index (Phi) is 4.07. The van der Waals surface area contributed by atoms with Gasteiger partial charge in [0.25, 0.3) is 10.0 Å². The van der Waals surface area contributed by atoms with E-state index in [9.17, 15) is 26.4 Å². The first-order valence-corrected chi connectivity index (χ1v) is 8.48. The number of halogens is 3. The standard InChI is InChI=1S/C15H12F3N3O3S/c1-21-7-8-4-10(2-3-12(8)19-15(21)22)20-25(23,24)13-6-9(16)5-11(17)14(13)18/h2-6,20H,7H2,1H3,(H,19,22). The number of carbonyl (C=O) groups excluding carboxylic acids is 1. The molecule has 2 aromatic carbocycles. The molecule has 0 aliphatic carbocycles. The summed E-state index contributed by atoms with van der Waals surface area (Å²) >= 11 is 0. The maximum Gasteiger partial charge on any atom is 0.321 e. The van der Waals surface area contributed by atoms with E-state index in [1.165, 1.54) is 23.1 Å². The first-order valence-electron chi connectivity index (χ1n) is 7.00. The van der Waals surface area contributed by atoms with Crippen molar-refractivity contribution in [1.82, 2.24) is 4.90 Å². The normalized spacial score (nSPS) is 14.1. The summed E-state index contributed by atoms with van der Waals surface area (Å²) in [6, 6.07) is 4.60. The van der Waals surface area contributed by atoms with Gasteiger partial charge >= 0.3 is 6.03 Å². The summed E-state index contributed by atoms with van der Waals surface area (Å²) in [6.07, 6.45) is 0. The van der Waals surface area contributed by atoms with Crippen LogP contribution in [0.5, 0.6) is 0 Å². The smallest absolute Gasteiger partial charge is 0.321 e. The van der Waals surface area contributed by atoms with Crippen molar-refractivity contribution in [2.75, 3.05) is 17.1 Å². The number of benzene rings is 2. The molecule has 25 heavy (non-hydrogen) atoms. The van der Waals surface area contributed by atoms with Crippen LogP contribution >= 0.6 is 0 Å². The third-order valence-electron chi connectivity index (χ3n) is 3.60. The average molecular weight is 371 g/mol. The molecule has 3 rings (SSSR count). The zero-order valence-electron chi connectivity index (χ0n) is 12.8. The molecular formula is C15H12F3N3O3S. The van der Waals surface area contributed by atoms with Gasteiger partial charge in [0.15, 0.2) is 11.6 Å². The van der Waals surface area contributed by atoms with Gasteiger partial charge in [-0.1, -0.05) is 0 Å². The third kappa shape index (κ3) is 3.25. The van der Waals surface area contributed by atoms with Gasteiger partial charge in [-0.25, -0.2) is 26.4 Å². The van der Waals surface area contributed by atoms with Crippen molar-refractivity contribution in [2.45, 2.75) is 11.4 Å². The molecule has 2 amide bonds. The highest BCUT2D eigenvalue weighted by Gasteiger charge is 2.25. The number of carbonyl (C=O) groups is 1. The van der Waals surface area contributed by atoms with Crippen LogP contribution in [-0.4, -0.2) is 26.4 Å². The number of nitrogens with zero attached hydrogens (tertiary/aromatic N) is 1. The maximum atomic E-state index is 13.7. The number of hydrogen-bond donors (Lipinski definition) is 2. The molecule has 0 unspecified atom stereocenters. The predicted octanol–water partition coefficient (Wildman–Crippen LogP) is 2.88. The monoisotopic (exact) mass is 371 g/mol. The number of rotatable bonds is 3. The number of nitrogens with one attached hydrogen (secondary N) is 2. The molecule has 0 radical (unpaired) electrons.